The van der Waals surface area contributed by atoms with E-state index in [2.05, 4.69) is 0 Å². The zero-order valence-electron chi connectivity index (χ0n) is 8.73. The Morgan fingerprint density at radius 3 is 2.53 bits per heavy atom. The summed E-state index contributed by atoms with van der Waals surface area (Å²) in [6.07, 6.45) is 3.19. The van der Waals surface area contributed by atoms with Crippen LogP contribution in [0.1, 0.15) is 18.4 Å². The minimum atomic E-state index is -2.92. The molecule has 1 aliphatic rings. The molecule has 1 saturated carbocycles. The molecule has 2 N–H and O–H groups in total. The Hall–Kier alpha value is -1.03. The van der Waals surface area contributed by atoms with Crippen LogP contribution in [0, 0.1) is 0 Å². The number of rotatable bonds is 3. The topological polar surface area (TPSA) is 60.2 Å². The summed E-state index contributed by atoms with van der Waals surface area (Å²) in [4.78, 5) is 0. The third kappa shape index (κ3) is 2.31. The van der Waals surface area contributed by atoms with Crippen molar-refractivity contribution in [3.8, 4) is 0 Å². The van der Waals surface area contributed by atoms with Crippen LogP contribution in [0.3, 0.4) is 0 Å². The third-order valence-corrected chi connectivity index (χ3v) is 3.97. The molecule has 82 valence electrons. The summed E-state index contributed by atoms with van der Waals surface area (Å²) in [5.74, 6) is 0.240. The van der Waals surface area contributed by atoms with Gasteiger partial charge in [-0.2, -0.15) is 0 Å². The standard InChI is InChI=1S/C11H15NO2S/c1-15(13,14)8-11(5-6-11)9-3-2-4-10(12)7-9/h2-4,7H,5-6,8,12H2,1H3. The molecular weight excluding hydrogens is 210 g/mol. The van der Waals surface area contributed by atoms with Gasteiger partial charge < -0.3 is 5.73 Å². The minimum Gasteiger partial charge on any atom is -0.399 e. The minimum absolute atomic E-state index is 0.150. The lowest BCUT2D eigenvalue weighted by atomic mass is 9.98. The second-order valence-electron chi connectivity index (χ2n) is 4.48. The summed E-state index contributed by atoms with van der Waals surface area (Å²) >= 11 is 0. The van der Waals surface area contributed by atoms with Gasteiger partial charge in [-0.25, -0.2) is 8.42 Å². The van der Waals surface area contributed by atoms with Gasteiger partial charge >= 0.3 is 0 Å². The smallest absolute Gasteiger partial charge is 0.148 e. The predicted molar refractivity (Wildman–Crippen MR) is 61.5 cm³/mol. The molecule has 0 spiro atoms. The Morgan fingerprint density at radius 1 is 1.40 bits per heavy atom. The van der Waals surface area contributed by atoms with Crippen LogP contribution in [0.4, 0.5) is 5.69 Å². The SMILES string of the molecule is CS(=O)(=O)CC1(c2cccc(N)c2)CC1. The number of hydrogen-bond donors (Lipinski definition) is 1. The predicted octanol–water partition coefficient (Wildman–Crippen LogP) is 1.35. The van der Waals surface area contributed by atoms with E-state index in [1.54, 1.807) is 0 Å². The van der Waals surface area contributed by atoms with E-state index >= 15 is 0 Å². The molecule has 0 saturated heterocycles. The van der Waals surface area contributed by atoms with Crippen LogP contribution in [-0.2, 0) is 15.3 Å². The van der Waals surface area contributed by atoms with Crippen molar-refractivity contribution in [1.82, 2.24) is 0 Å². The molecule has 1 fully saturated rings. The van der Waals surface area contributed by atoms with Gasteiger partial charge in [-0.15, -0.1) is 0 Å². The van der Waals surface area contributed by atoms with Crippen LogP contribution in [-0.4, -0.2) is 20.4 Å². The summed E-state index contributed by atoms with van der Waals surface area (Å²) in [6, 6.07) is 7.56. The Balaban J connectivity index is 2.31. The van der Waals surface area contributed by atoms with Gasteiger partial charge in [-0.1, -0.05) is 12.1 Å². The fraction of sp³-hybridized carbons (Fsp3) is 0.455. The molecule has 1 aromatic carbocycles. The Labute approximate surface area is 90.2 Å². The van der Waals surface area contributed by atoms with Crippen molar-refractivity contribution in [3.05, 3.63) is 29.8 Å². The lowest BCUT2D eigenvalue weighted by Crippen LogP contribution is -2.19. The first-order valence-corrected chi connectivity index (χ1v) is 7.01. The number of hydrogen-bond acceptors (Lipinski definition) is 3. The first-order chi connectivity index (χ1) is 6.91. The third-order valence-electron chi connectivity index (χ3n) is 2.89. The summed E-state index contributed by atoms with van der Waals surface area (Å²) in [5, 5.41) is 0. The second kappa shape index (κ2) is 3.23. The first-order valence-electron chi connectivity index (χ1n) is 4.95. The van der Waals surface area contributed by atoms with Crippen LogP contribution < -0.4 is 5.73 Å². The van der Waals surface area contributed by atoms with Crippen LogP contribution in [0.15, 0.2) is 24.3 Å². The second-order valence-corrected chi connectivity index (χ2v) is 6.62. The molecule has 4 heteroatoms. The molecule has 0 aliphatic heterocycles. The van der Waals surface area contributed by atoms with Gasteiger partial charge in [0.05, 0.1) is 5.75 Å². The van der Waals surface area contributed by atoms with Crippen molar-refractivity contribution in [3.63, 3.8) is 0 Å². The van der Waals surface area contributed by atoms with E-state index in [1.165, 1.54) is 6.26 Å². The van der Waals surface area contributed by atoms with E-state index in [0.717, 1.165) is 18.4 Å². The maximum absolute atomic E-state index is 11.3. The molecule has 0 unspecified atom stereocenters. The average molecular weight is 225 g/mol. The molecule has 0 radical (unpaired) electrons. The molecule has 0 heterocycles. The molecule has 1 aromatic rings. The average Bonchev–Trinajstić information content (AvgIpc) is 2.83. The van der Waals surface area contributed by atoms with Crippen molar-refractivity contribution in [2.45, 2.75) is 18.3 Å². The van der Waals surface area contributed by atoms with E-state index in [-0.39, 0.29) is 11.2 Å². The van der Waals surface area contributed by atoms with Gasteiger partial charge in [-0.3, -0.25) is 0 Å². The molecule has 2 rings (SSSR count). The van der Waals surface area contributed by atoms with Crippen molar-refractivity contribution in [1.29, 1.82) is 0 Å². The van der Waals surface area contributed by atoms with Crippen LogP contribution in [0.5, 0.6) is 0 Å². The number of anilines is 1. The van der Waals surface area contributed by atoms with E-state index in [1.807, 2.05) is 24.3 Å². The number of benzene rings is 1. The number of nitrogen functional groups attached to an aromatic ring is 1. The Morgan fingerprint density at radius 2 is 2.07 bits per heavy atom. The molecule has 0 amide bonds. The Bertz CT molecular complexity index is 475. The quantitative estimate of drug-likeness (QED) is 0.790. The van der Waals surface area contributed by atoms with Crippen molar-refractivity contribution in [2.75, 3.05) is 17.7 Å². The largest absolute Gasteiger partial charge is 0.399 e. The van der Waals surface area contributed by atoms with Gasteiger partial charge in [0.25, 0.3) is 0 Å². The van der Waals surface area contributed by atoms with Crippen molar-refractivity contribution < 1.29 is 8.42 Å². The molecule has 0 bridgehead atoms. The van der Waals surface area contributed by atoms with Crippen molar-refractivity contribution in [2.24, 2.45) is 0 Å². The summed E-state index contributed by atoms with van der Waals surface area (Å²) < 4.78 is 22.6. The lowest BCUT2D eigenvalue weighted by Gasteiger charge is -2.14. The molecular formula is C11H15NO2S. The molecule has 0 aromatic heterocycles. The summed E-state index contributed by atoms with van der Waals surface area (Å²) in [6.45, 7) is 0. The van der Waals surface area contributed by atoms with Gasteiger partial charge in [0.2, 0.25) is 0 Å². The fourth-order valence-corrected chi connectivity index (χ4v) is 3.50. The van der Waals surface area contributed by atoms with Crippen LogP contribution in [0.25, 0.3) is 0 Å². The molecule has 15 heavy (non-hydrogen) atoms. The van der Waals surface area contributed by atoms with E-state index in [9.17, 15) is 8.42 Å². The van der Waals surface area contributed by atoms with E-state index < -0.39 is 9.84 Å². The maximum atomic E-state index is 11.3. The van der Waals surface area contributed by atoms with Gasteiger partial charge in [0.15, 0.2) is 0 Å². The van der Waals surface area contributed by atoms with E-state index in [0.29, 0.717) is 5.69 Å². The molecule has 3 nitrogen and oxygen atoms in total. The van der Waals surface area contributed by atoms with E-state index in [4.69, 9.17) is 5.73 Å². The highest BCUT2D eigenvalue weighted by Crippen LogP contribution is 2.49. The monoisotopic (exact) mass is 225 g/mol. The van der Waals surface area contributed by atoms with Crippen LogP contribution in [0.2, 0.25) is 0 Å². The normalized spacial score (nSPS) is 18.7. The van der Waals surface area contributed by atoms with Gasteiger partial charge in [0.1, 0.15) is 9.84 Å². The zero-order chi connectivity index (χ0) is 11.1. The van der Waals surface area contributed by atoms with Crippen molar-refractivity contribution >= 4 is 15.5 Å². The van der Waals surface area contributed by atoms with Gasteiger partial charge in [-0.05, 0) is 30.5 Å². The highest BCUT2D eigenvalue weighted by Gasteiger charge is 2.46. The molecule has 1 aliphatic carbocycles. The maximum Gasteiger partial charge on any atom is 0.148 e. The first kappa shape index (κ1) is 10.5. The zero-order valence-corrected chi connectivity index (χ0v) is 9.55. The number of sulfone groups is 1. The lowest BCUT2D eigenvalue weighted by molar-refractivity contribution is 0.592. The van der Waals surface area contributed by atoms with Gasteiger partial charge in [0, 0.05) is 17.4 Å². The summed E-state index contributed by atoms with van der Waals surface area (Å²) in [7, 11) is -2.92. The summed E-state index contributed by atoms with van der Waals surface area (Å²) in [5.41, 5.74) is 7.31. The van der Waals surface area contributed by atoms with Crippen LogP contribution >= 0.6 is 0 Å². The highest BCUT2D eigenvalue weighted by atomic mass is 32.2. The Kier molecular flexibility index (Phi) is 2.26. The molecule has 0 atom stereocenters. The fourth-order valence-electron chi connectivity index (χ4n) is 2.04. The highest BCUT2D eigenvalue weighted by molar-refractivity contribution is 7.90. The number of nitrogens with two attached hydrogens (primary N) is 1.